The van der Waals surface area contributed by atoms with Crippen LogP contribution in [0.15, 0.2) is 65.7 Å². The van der Waals surface area contributed by atoms with Gasteiger partial charge in [0.1, 0.15) is 23.0 Å². The number of ether oxygens (including phenoxy) is 4. The van der Waals surface area contributed by atoms with Crippen LogP contribution in [0.1, 0.15) is 23.6 Å². The quantitative estimate of drug-likeness (QED) is 0.591. The fourth-order valence-electron chi connectivity index (χ4n) is 4.10. The van der Waals surface area contributed by atoms with Crippen molar-refractivity contribution in [3.8, 4) is 23.0 Å². The summed E-state index contributed by atoms with van der Waals surface area (Å²) in [7, 11) is 6.60. The van der Waals surface area contributed by atoms with Crippen LogP contribution in [0.5, 0.6) is 23.0 Å². The van der Waals surface area contributed by atoms with Crippen LogP contribution in [-0.4, -0.2) is 34.2 Å². The fraction of sp³-hybridized carbons (Fsp3) is 0.269. The van der Waals surface area contributed by atoms with Gasteiger partial charge in [-0.15, -0.1) is 0 Å². The van der Waals surface area contributed by atoms with Crippen molar-refractivity contribution in [2.24, 2.45) is 4.99 Å². The number of aliphatic imine (C=N–C) groups is 1. The summed E-state index contributed by atoms with van der Waals surface area (Å²) in [5, 5.41) is 3.65. The predicted molar refractivity (Wildman–Crippen MR) is 127 cm³/mol. The van der Waals surface area contributed by atoms with Gasteiger partial charge in [0.05, 0.1) is 34.2 Å². The molecule has 0 fully saturated rings. The first kappa shape index (κ1) is 21.6. The number of nitrogens with zero attached hydrogens (tertiary/aromatic N) is 1. The smallest absolute Gasteiger partial charge is 0.156 e. The number of methoxy groups -OCH3 is 4. The number of benzene rings is 3. The molecule has 1 atom stereocenters. The Balaban J connectivity index is 1.93. The van der Waals surface area contributed by atoms with Gasteiger partial charge in [0.2, 0.25) is 0 Å². The van der Waals surface area contributed by atoms with E-state index in [1.807, 2.05) is 48.5 Å². The maximum Gasteiger partial charge on any atom is 0.156 e. The summed E-state index contributed by atoms with van der Waals surface area (Å²) in [5.74, 6) is 2.87. The molecule has 4 rings (SSSR count). The van der Waals surface area contributed by atoms with Crippen molar-refractivity contribution in [2.75, 3.05) is 33.8 Å². The fourth-order valence-corrected chi connectivity index (χ4v) is 4.10. The lowest BCUT2D eigenvalue weighted by Gasteiger charge is -2.30. The Kier molecular flexibility index (Phi) is 5.95. The molecule has 1 heterocycles. The third-order valence-corrected chi connectivity index (χ3v) is 5.76. The zero-order valence-corrected chi connectivity index (χ0v) is 19.1. The van der Waals surface area contributed by atoms with E-state index in [9.17, 15) is 0 Å². The molecule has 3 aromatic rings. The van der Waals surface area contributed by atoms with Crippen molar-refractivity contribution >= 4 is 11.4 Å². The zero-order chi connectivity index (χ0) is 22.7. The second kappa shape index (κ2) is 8.83. The average Bonchev–Trinajstić information content (AvgIpc) is 2.99. The van der Waals surface area contributed by atoms with Gasteiger partial charge in [-0.1, -0.05) is 18.2 Å². The molecule has 1 unspecified atom stereocenters. The molecule has 0 bridgehead atoms. The maximum atomic E-state index is 5.72. The van der Waals surface area contributed by atoms with Gasteiger partial charge >= 0.3 is 0 Å². The number of fused-ring (bicyclic) bond motifs is 1. The van der Waals surface area contributed by atoms with Crippen LogP contribution in [0.25, 0.3) is 0 Å². The summed E-state index contributed by atoms with van der Waals surface area (Å²) in [4.78, 5) is 5.25. The first-order valence-corrected chi connectivity index (χ1v) is 10.4. The molecule has 0 aliphatic carbocycles. The van der Waals surface area contributed by atoms with Gasteiger partial charge in [-0.2, -0.15) is 0 Å². The predicted octanol–water partition coefficient (Wildman–Crippen LogP) is 5.05. The minimum absolute atomic E-state index is 0.653. The van der Waals surface area contributed by atoms with E-state index in [4.69, 9.17) is 23.9 Å². The van der Waals surface area contributed by atoms with E-state index >= 15 is 0 Å². The van der Waals surface area contributed by atoms with E-state index in [1.165, 1.54) is 0 Å². The van der Waals surface area contributed by atoms with Gasteiger partial charge in [0.15, 0.2) is 5.66 Å². The highest BCUT2D eigenvalue weighted by molar-refractivity contribution is 6.05. The summed E-state index contributed by atoms with van der Waals surface area (Å²) < 4.78 is 22.2. The highest BCUT2D eigenvalue weighted by Crippen LogP contribution is 2.40. The Morgan fingerprint density at radius 1 is 0.781 bits per heavy atom. The largest absolute Gasteiger partial charge is 0.497 e. The molecule has 0 amide bonds. The van der Waals surface area contributed by atoms with E-state index < -0.39 is 5.66 Å². The number of para-hydroxylation sites is 1. The van der Waals surface area contributed by atoms with Gasteiger partial charge in [-0.25, -0.2) is 0 Å². The number of hydrogen-bond donors (Lipinski definition) is 1. The Labute approximate surface area is 188 Å². The van der Waals surface area contributed by atoms with Crippen molar-refractivity contribution in [1.82, 2.24) is 0 Å². The topological polar surface area (TPSA) is 61.3 Å². The summed E-state index contributed by atoms with van der Waals surface area (Å²) in [6, 6.07) is 19.9. The molecule has 1 aliphatic heterocycles. The Morgan fingerprint density at radius 3 is 2.12 bits per heavy atom. The van der Waals surface area contributed by atoms with Crippen molar-refractivity contribution < 1.29 is 18.9 Å². The molecule has 32 heavy (non-hydrogen) atoms. The Morgan fingerprint density at radius 2 is 1.44 bits per heavy atom. The Bertz CT molecular complexity index is 1160. The van der Waals surface area contributed by atoms with E-state index in [2.05, 4.69) is 24.4 Å². The summed E-state index contributed by atoms with van der Waals surface area (Å²) in [6.07, 6.45) is 0.653. The van der Waals surface area contributed by atoms with Crippen molar-refractivity contribution in [1.29, 1.82) is 0 Å². The first-order chi connectivity index (χ1) is 15.5. The number of rotatable bonds is 6. The van der Waals surface area contributed by atoms with Crippen molar-refractivity contribution in [3.63, 3.8) is 0 Å². The number of anilines is 1. The molecular weight excluding hydrogens is 404 g/mol. The highest BCUT2D eigenvalue weighted by atomic mass is 16.5. The molecule has 1 aliphatic rings. The number of nitrogens with one attached hydrogen (secondary N) is 1. The van der Waals surface area contributed by atoms with Crippen molar-refractivity contribution in [2.45, 2.75) is 19.0 Å². The van der Waals surface area contributed by atoms with Gasteiger partial charge in [-0.05, 0) is 42.8 Å². The molecule has 3 aromatic carbocycles. The minimum Gasteiger partial charge on any atom is -0.497 e. The summed E-state index contributed by atoms with van der Waals surface area (Å²) in [5.41, 5.74) is 4.12. The van der Waals surface area contributed by atoms with E-state index in [-0.39, 0.29) is 0 Å². The minimum atomic E-state index is -0.787. The standard InChI is InChI=1S/C26H28N2O4/c1-26(21-13-11-19(30-3)16-25(21)32-5)27-22-9-7-6-8-17(22)14-23(28-26)20-12-10-18(29-2)15-24(20)31-4/h6-13,15-16,27H,14H2,1-5H3. The first-order valence-electron chi connectivity index (χ1n) is 10.4. The lowest BCUT2D eigenvalue weighted by molar-refractivity contribution is 0.382. The summed E-state index contributed by atoms with van der Waals surface area (Å²) >= 11 is 0. The normalized spacial score (nSPS) is 17.3. The van der Waals surface area contributed by atoms with E-state index in [0.29, 0.717) is 17.9 Å². The van der Waals surface area contributed by atoms with Gasteiger partial charge in [-0.3, -0.25) is 4.99 Å². The zero-order valence-electron chi connectivity index (χ0n) is 19.1. The molecule has 0 radical (unpaired) electrons. The molecule has 1 N–H and O–H groups in total. The number of hydrogen-bond acceptors (Lipinski definition) is 6. The van der Waals surface area contributed by atoms with Crippen molar-refractivity contribution in [3.05, 3.63) is 77.4 Å². The molecular formula is C26H28N2O4. The average molecular weight is 433 g/mol. The lowest BCUT2D eigenvalue weighted by Crippen LogP contribution is -2.31. The molecule has 6 nitrogen and oxygen atoms in total. The molecule has 166 valence electrons. The molecule has 6 heteroatoms. The Hall–Kier alpha value is -3.67. The SMILES string of the molecule is COc1ccc(C2=NC(C)(c3ccc(OC)cc3OC)Nc3ccccc3C2)c(OC)c1. The second-order valence-corrected chi connectivity index (χ2v) is 7.72. The van der Waals surface area contributed by atoms with Crippen LogP contribution in [0.4, 0.5) is 5.69 Å². The van der Waals surface area contributed by atoms with Crippen LogP contribution in [0.2, 0.25) is 0 Å². The molecule has 0 spiro atoms. The third kappa shape index (κ3) is 3.96. The van der Waals surface area contributed by atoms with E-state index in [0.717, 1.165) is 39.6 Å². The summed E-state index contributed by atoms with van der Waals surface area (Å²) in [6.45, 7) is 2.05. The van der Waals surface area contributed by atoms with Crippen LogP contribution < -0.4 is 24.3 Å². The van der Waals surface area contributed by atoms with Crippen LogP contribution in [0.3, 0.4) is 0 Å². The third-order valence-electron chi connectivity index (χ3n) is 5.76. The van der Waals surface area contributed by atoms with Crippen LogP contribution >= 0.6 is 0 Å². The molecule has 0 saturated carbocycles. The van der Waals surface area contributed by atoms with E-state index in [1.54, 1.807) is 28.4 Å². The van der Waals surface area contributed by atoms with Gasteiger partial charge in [0.25, 0.3) is 0 Å². The second-order valence-electron chi connectivity index (χ2n) is 7.72. The monoisotopic (exact) mass is 432 g/mol. The lowest BCUT2D eigenvalue weighted by atomic mass is 9.99. The highest BCUT2D eigenvalue weighted by Gasteiger charge is 2.33. The van der Waals surface area contributed by atoms with Crippen LogP contribution in [-0.2, 0) is 12.1 Å². The molecule has 0 aromatic heterocycles. The van der Waals surface area contributed by atoms with Crippen LogP contribution in [0, 0.1) is 0 Å². The maximum absolute atomic E-state index is 5.72. The molecule has 0 saturated heterocycles. The van der Waals surface area contributed by atoms with Gasteiger partial charge in [0, 0.05) is 35.4 Å². The van der Waals surface area contributed by atoms with Gasteiger partial charge < -0.3 is 24.3 Å².